The molecule has 3 amide bonds. The van der Waals surface area contributed by atoms with E-state index in [-0.39, 0.29) is 30.2 Å². The molecular formula is C19H12F6N2O3. The van der Waals surface area contributed by atoms with Crippen LogP contribution in [0.15, 0.2) is 42.5 Å². The molecule has 30 heavy (non-hydrogen) atoms. The number of alkyl halides is 6. The van der Waals surface area contributed by atoms with Crippen molar-refractivity contribution in [3.8, 4) is 0 Å². The zero-order chi connectivity index (χ0) is 22.3. The van der Waals surface area contributed by atoms with Gasteiger partial charge in [-0.2, -0.15) is 26.3 Å². The molecule has 2 aromatic carbocycles. The first-order valence-corrected chi connectivity index (χ1v) is 8.43. The topological polar surface area (TPSA) is 66.5 Å². The molecule has 0 radical (unpaired) electrons. The fraction of sp³-hybridized carbons (Fsp3) is 0.211. The van der Waals surface area contributed by atoms with Crippen LogP contribution >= 0.6 is 0 Å². The van der Waals surface area contributed by atoms with E-state index in [2.05, 4.69) is 0 Å². The summed E-state index contributed by atoms with van der Waals surface area (Å²) < 4.78 is 77.7. The number of carbonyl (C=O) groups excluding carboxylic acids is 3. The molecule has 0 saturated carbocycles. The minimum absolute atomic E-state index is 0.000287. The van der Waals surface area contributed by atoms with Crippen molar-refractivity contribution in [2.45, 2.75) is 25.2 Å². The Morgan fingerprint density at radius 3 is 1.87 bits per heavy atom. The number of imide groups is 1. The standard InChI is InChI=1S/C19H12F6N2O3/c20-18(21,22)11-7-12(19(23,24)25)9-13(8-11)26-17(30)10-2-1-3-14(6-10)27-15(28)4-5-16(27)29/h1-3,6-9H,4-5H2,(H,26,30). The number of hydrogen-bond donors (Lipinski definition) is 1. The van der Waals surface area contributed by atoms with Crippen LogP contribution in [0.5, 0.6) is 0 Å². The Labute approximate surface area is 165 Å². The average Bonchev–Trinajstić information content (AvgIpc) is 2.98. The van der Waals surface area contributed by atoms with Gasteiger partial charge >= 0.3 is 12.4 Å². The summed E-state index contributed by atoms with van der Waals surface area (Å²) in [5, 5.41) is 2.00. The van der Waals surface area contributed by atoms with Gasteiger partial charge in [-0.1, -0.05) is 6.07 Å². The lowest BCUT2D eigenvalue weighted by molar-refractivity contribution is -0.143. The second kappa shape index (κ2) is 7.47. The lowest BCUT2D eigenvalue weighted by atomic mass is 10.1. The second-order valence-electron chi connectivity index (χ2n) is 6.42. The molecular weight excluding hydrogens is 418 g/mol. The fourth-order valence-corrected chi connectivity index (χ4v) is 2.88. The average molecular weight is 430 g/mol. The third kappa shape index (κ3) is 4.44. The van der Waals surface area contributed by atoms with Crippen molar-refractivity contribution in [1.82, 2.24) is 0 Å². The molecule has 0 unspecified atom stereocenters. The van der Waals surface area contributed by atoms with Crippen molar-refractivity contribution >= 4 is 29.1 Å². The van der Waals surface area contributed by atoms with Crippen LogP contribution in [0.3, 0.4) is 0 Å². The summed E-state index contributed by atoms with van der Waals surface area (Å²) in [6.07, 6.45) is -10.1. The molecule has 0 bridgehead atoms. The van der Waals surface area contributed by atoms with Crippen molar-refractivity contribution in [1.29, 1.82) is 0 Å². The molecule has 1 fully saturated rings. The van der Waals surface area contributed by atoms with E-state index in [0.717, 1.165) is 11.0 Å². The summed E-state index contributed by atoms with van der Waals surface area (Å²) in [6, 6.07) is 5.80. The number of nitrogens with zero attached hydrogens (tertiary/aromatic N) is 1. The van der Waals surface area contributed by atoms with Crippen LogP contribution < -0.4 is 10.2 Å². The van der Waals surface area contributed by atoms with Crippen LogP contribution in [0.2, 0.25) is 0 Å². The maximum absolute atomic E-state index is 12.9. The molecule has 0 aliphatic carbocycles. The van der Waals surface area contributed by atoms with Crippen molar-refractivity contribution in [2.75, 3.05) is 10.2 Å². The van der Waals surface area contributed by atoms with Gasteiger partial charge in [-0.25, -0.2) is 0 Å². The molecule has 1 aliphatic rings. The summed E-state index contributed by atoms with van der Waals surface area (Å²) in [6.45, 7) is 0. The number of nitrogens with one attached hydrogen (secondary N) is 1. The molecule has 2 aromatic rings. The van der Waals surface area contributed by atoms with E-state index in [4.69, 9.17) is 0 Å². The predicted molar refractivity (Wildman–Crippen MR) is 92.6 cm³/mol. The minimum atomic E-state index is -5.06. The Morgan fingerprint density at radius 1 is 0.833 bits per heavy atom. The van der Waals surface area contributed by atoms with E-state index in [1.54, 1.807) is 0 Å². The van der Waals surface area contributed by atoms with Crippen LogP contribution in [-0.4, -0.2) is 17.7 Å². The molecule has 0 atom stereocenters. The van der Waals surface area contributed by atoms with Gasteiger partial charge in [0, 0.05) is 24.1 Å². The number of carbonyl (C=O) groups is 3. The molecule has 0 spiro atoms. The molecule has 1 heterocycles. The summed E-state index contributed by atoms with van der Waals surface area (Å²) in [4.78, 5) is 36.9. The van der Waals surface area contributed by atoms with E-state index < -0.39 is 46.9 Å². The first kappa shape index (κ1) is 21.3. The van der Waals surface area contributed by atoms with Crippen molar-refractivity contribution in [2.24, 2.45) is 0 Å². The Hall–Kier alpha value is -3.37. The van der Waals surface area contributed by atoms with Crippen LogP contribution in [0.4, 0.5) is 37.7 Å². The molecule has 1 aliphatic heterocycles. The first-order chi connectivity index (χ1) is 13.9. The molecule has 158 valence electrons. The maximum Gasteiger partial charge on any atom is 0.416 e. The summed E-state index contributed by atoms with van der Waals surface area (Å²) >= 11 is 0. The number of rotatable bonds is 3. The third-order valence-corrected chi connectivity index (χ3v) is 4.26. The number of anilines is 2. The second-order valence-corrected chi connectivity index (χ2v) is 6.42. The van der Waals surface area contributed by atoms with E-state index in [0.29, 0.717) is 12.1 Å². The molecule has 1 saturated heterocycles. The van der Waals surface area contributed by atoms with E-state index in [1.165, 1.54) is 18.2 Å². The van der Waals surface area contributed by atoms with Gasteiger partial charge < -0.3 is 5.32 Å². The Morgan fingerprint density at radius 2 is 1.37 bits per heavy atom. The number of halogens is 6. The highest BCUT2D eigenvalue weighted by molar-refractivity contribution is 6.20. The van der Waals surface area contributed by atoms with Gasteiger partial charge in [-0.3, -0.25) is 19.3 Å². The molecule has 1 N–H and O–H groups in total. The largest absolute Gasteiger partial charge is 0.416 e. The highest BCUT2D eigenvalue weighted by Crippen LogP contribution is 2.37. The maximum atomic E-state index is 12.9. The summed E-state index contributed by atoms with van der Waals surface area (Å²) in [7, 11) is 0. The van der Waals surface area contributed by atoms with Gasteiger partial charge in [0.1, 0.15) is 0 Å². The van der Waals surface area contributed by atoms with Gasteiger partial charge in [0.15, 0.2) is 0 Å². The quantitative estimate of drug-likeness (QED) is 0.571. The van der Waals surface area contributed by atoms with Gasteiger partial charge in [-0.05, 0) is 36.4 Å². The highest BCUT2D eigenvalue weighted by atomic mass is 19.4. The third-order valence-electron chi connectivity index (χ3n) is 4.26. The molecule has 3 rings (SSSR count). The Bertz CT molecular complexity index is 981. The SMILES string of the molecule is O=C(Nc1cc(C(F)(F)F)cc(C(F)(F)F)c1)c1cccc(N2C(=O)CCC2=O)c1. The number of amides is 3. The van der Waals surface area contributed by atoms with Crippen LogP contribution in [-0.2, 0) is 21.9 Å². The van der Waals surface area contributed by atoms with Crippen LogP contribution in [0.1, 0.15) is 34.3 Å². The normalized spacial score (nSPS) is 14.9. The number of benzene rings is 2. The smallest absolute Gasteiger partial charge is 0.322 e. The van der Waals surface area contributed by atoms with Gasteiger partial charge in [0.25, 0.3) is 5.91 Å². The van der Waals surface area contributed by atoms with E-state index in [9.17, 15) is 40.7 Å². The zero-order valence-corrected chi connectivity index (χ0v) is 14.9. The highest BCUT2D eigenvalue weighted by Gasteiger charge is 2.37. The van der Waals surface area contributed by atoms with E-state index >= 15 is 0 Å². The molecule has 0 aromatic heterocycles. The summed E-state index contributed by atoms with van der Waals surface area (Å²) in [5.41, 5.74) is -3.94. The number of hydrogen-bond acceptors (Lipinski definition) is 3. The van der Waals surface area contributed by atoms with Crippen molar-refractivity contribution < 1.29 is 40.7 Å². The fourth-order valence-electron chi connectivity index (χ4n) is 2.88. The zero-order valence-electron chi connectivity index (χ0n) is 14.9. The Balaban J connectivity index is 1.92. The molecule has 5 nitrogen and oxygen atoms in total. The molecule has 11 heteroatoms. The van der Waals surface area contributed by atoms with Gasteiger partial charge in [-0.15, -0.1) is 0 Å². The first-order valence-electron chi connectivity index (χ1n) is 8.43. The summed E-state index contributed by atoms with van der Waals surface area (Å²) in [5.74, 6) is -1.97. The lowest BCUT2D eigenvalue weighted by Crippen LogP contribution is -2.28. The monoisotopic (exact) mass is 430 g/mol. The van der Waals surface area contributed by atoms with Crippen LogP contribution in [0.25, 0.3) is 0 Å². The van der Waals surface area contributed by atoms with Gasteiger partial charge in [0.2, 0.25) is 11.8 Å². The van der Waals surface area contributed by atoms with E-state index in [1.807, 2.05) is 5.32 Å². The van der Waals surface area contributed by atoms with Crippen molar-refractivity contribution in [3.05, 3.63) is 59.2 Å². The van der Waals surface area contributed by atoms with Crippen LogP contribution in [0, 0.1) is 0 Å². The Kier molecular flexibility index (Phi) is 5.31. The lowest BCUT2D eigenvalue weighted by Gasteiger charge is -2.16. The predicted octanol–water partition coefficient (Wildman–Crippen LogP) is 4.63. The van der Waals surface area contributed by atoms with Gasteiger partial charge in [0.05, 0.1) is 16.8 Å². The van der Waals surface area contributed by atoms with Crippen molar-refractivity contribution in [3.63, 3.8) is 0 Å². The minimum Gasteiger partial charge on any atom is -0.322 e.